The summed E-state index contributed by atoms with van der Waals surface area (Å²) in [6.07, 6.45) is 12.3. The molecule has 6 nitrogen and oxygen atoms in total. The van der Waals surface area contributed by atoms with E-state index in [2.05, 4.69) is 45.5 Å². The number of aromatic nitrogens is 2. The van der Waals surface area contributed by atoms with Crippen LogP contribution in [0.3, 0.4) is 0 Å². The SMILES string of the molecule is CN=C(NCC(C1CCCCC1)N(C)C)N1CCC(c2cnn(C)c2)C1.I. The topological polar surface area (TPSA) is 48.7 Å². The lowest BCUT2D eigenvalue weighted by Gasteiger charge is -2.36. The van der Waals surface area contributed by atoms with Gasteiger partial charge in [-0.2, -0.15) is 5.10 Å². The number of nitrogens with one attached hydrogen (secondary N) is 1. The second-order valence-electron chi connectivity index (χ2n) is 8.24. The Hall–Kier alpha value is -0.830. The van der Waals surface area contributed by atoms with Crippen LogP contribution in [0, 0.1) is 5.92 Å². The van der Waals surface area contributed by atoms with Crippen molar-refractivity contribution < 1.29 is 0 Å². The molecule has 27 heavy (non-hydrogen) atoms. The van der Waals surface area contributed by atoms with Crippen molar-refractivity contribution >= 4 is 29.9 Å². The summed E-state index contributed by atoms with van der Waals surface area (Å²) < 4.78 is 1.90. The lowest BCUT2D eigenvalue weighted by molar-refractivity contribution is 0.170. The van der Waals surface area contributed by atoms with Crippen molar-refractivity contribution in [3.8, 4) is 0 Å². The van der Waals surface area contributed by atoms with Crippen molar-refractivity contribution in [2.24, 2.45) is 18.0 Å². The van der Waals surface area contributed by atoms with Crippen LogP contribution in [0.15, 0.2) is 17.4 Å². The van der Waals surface area contributed by atoms with Crippen molar-refractivity contribution in [3.05, 3.63) is 18.0 Å². The molecule has 2 unspecified atom stereocenters. The van der Waals surface area contributed by atoms with Gasteiger partial charge in [0.1, 0.15) is 0 Å². The van der Waals surface area contributed by atoms with Gasteiger partial charge in [-0.25, -0.2) is 0 Å². The molecule has 1 N–H and O–H groups in total. The number of nitrogens with zero attached hydrogens (tertiary/aromatic N) is 5. The van der Waals surface area contributed by atoms with Gasteiger partial charge in [0.2, 0.25) is 0 Å². The molecule has 3 rings (SSSR count). The van der Waals surface area contributed by atoms with E-state index in [1.54, 1.807) is 0 Å². The van der Waals surface area contributed by atoms with E-state index >= 15 is 0 Å². The van der Waals surface area contributed by atoms with Gasteiger partial charge >= 0.3 is 0 Å². The molecule has 2 heterocycles. The minimum Gasteiger partial charge on any atom is -0.355 e. The molecule has 154 valence electrons. The van der Waals surface area contributed by atoms with Crippen LogP contribution in [-0.4, -0.2) is 72.4 Å². The molecule has 1 aromatic rings. The van der Waals surface area contributed by atoms with Gasteiger partial charge in [0.25, 0.3) is 0 Å². The molecule has 2 aliphatic rings. The van der Waals surface area contributed by atoms with Crippen LogP contribution in [-0.2, 0) is 7.05 Å². The van der Waals surface area contributed by atoms with Gasteiger partial charge in [-0.3, -0.25) is 9.67 Å². The molecule has 1 aliphatic heterocycles. The van der Waals surface area contributed by atoms with Gasteiger partial charge < -0.3 is 15.1 Å². The number of likely N-dealkylation sites (tertiary alicyclic amines) is 1. The van der Waals surface area contributed by atoms with E-state index in [0.717, 1.165) is 31.5 Å². The highest BCUT2D eigenvalue weighted by Gasteiger charge is 2.29. The van der Waals surface area contributed by atoms with E-state index in [1.807, 2.05) is 25.0 Å². The zero-order valence-electron chi connectivity index (χ0n) is 17.4. The van der Waals surface area contributed by atoms with Gasteiger partial charge in [-0.05, 0) is 44.8 Å². The first kappa shape index (κ1) is 22.5. The minimum atomic E-state index is 0. The molecule has 1 saturated heterocycles. The zero-order chi connectivity index (χ0) is 18.5. The predicted molar refractivity (Wildman–Crippen MR) is 123 cm³/mol. The second kappa shape index (κ2) is 10.6. The molecule has 1 aliphatic carbocycles. The minimum absolute atomic E-state index is 0. The first-order valence-corrected chi connectivity index (χ1v) is 10.2. The summed E-state index contributed by atoms with van der Waals surface area (Å²) in [7, 11) is 8.34. The van der Waals surface area contributed by atoms with E-state index in [1.165, 1.54) is 44.1 Å². The number of aryl methyl sites for hydroxylation is 1. The molecule has 0 amide bonds. The largest absolute Gasteiger partial charge is 0.355 e. The van der Waals surface area contributed by atoms with Crippen LogP contribution in [0.25, 0.3) is 0 Å². The van der Waals surface area contributed by atoms with Crippen molar-refractivity contribution in [1.82, 2.24) is 24.9 Å². The molecular formula is C20H37IN6. The van der Waals surface area contributed by atoms with Gasteiger partial charge in [0.15, 0.2) is 5.96 Å². The smallest absolute Gasteiger partial charge is 0.193 e. The van der Waals surface area contributed by atoms with Gasteiger partial charge in [-0.1, -0.05) is 19.3 Å². The number of rotatable bonds is 5. The third-order valence-corrected chi connectivity index (χ3v) is 6.22. The Morgan fingerprint density at radius 1 is 1.30 bits per heavy atom. The average molecular weight is 488 g/mol. The summed E-state index contributed by atoms with van der Waals surface area (Å²) in [5.74, 6) is 2.43. The highest BCUT2D eigenvalue weighted by Crippen LogP contribution is 2.29. The number of hydrogen-bond donors (Lipinski definition) is 1. The summed E-state index contributed by atoms with van der Waals surface area (Å²) >= 11 is 0. The first-order chi connectivity index (χ1) is 12.6. The number of aliphatic imine (C=N–C) groups is 1. The van der Waals surface area contributed by atoms with Crippen LogP contribution in [0.2, 0.25) is 0 Å². The predicted octanol–water partition coefficient (Wildman–Crippen LogP) is 2.91. The fraction of sp³-hybridized carbons (Fsp3) is 0.800. The number of halogens is 1. The lowest BCUT2D eigenvalue weighted by atomic mass is 9.83. The maximum Gasteiger partial charge on any atom is 0.193 e. The monoisotopic (exact) mass is 488 g/mol. The van der Waals surface area contributed by atoms with E-state index in [9.17, 15) is 0 Å². The van der Waals surface area contributed by atoms with Gasteiger partial charge in [0, 0.05) is 51.9 Å². The molecule has 0 spiro atoms. The summed E-state index contributed by atoms with van der Waals surface area (Å²) in [6.45, 7) is 3.08. The molecule has 1 aromatic heterocycles. The Morgan fingerprint density at radius 3 is 2.63 bits per heavy atom. The normalized spacial score (nSPS) is 22.8. The van der Waals surface area contributed by atoms with Crippen LogP contribution in [0.1, 0.15) is 50.0 Å². The van der Waals surface area contributed by atoms with Crippen LogP contribution in [0.5, 0.6) is 0 Å². The van der Waals surface area contributed by atoms with Crippen molar-refractivity contribution in [2.45, 2.75) is 50.5 Å². The quantitative estimate of drug-likeness (QED) is 0.394. The maximum atomic E-state index is 4.57. The third kappa shape index (κ3) is 5.82. The van der Waals surface area contributed by atoms with Crippen LogP contribution >= 0.6 is 24.0 Å². The summed E-state index contributed by atoms with van der Waals surface area (Å²) in [4.78, 5) is 9.38. The Morgan fingerprint density at radius 2 is 2.04 bits per heavy atom. The number of hydrogen-bond acceptors (Lipinski definition) is 3. The lowest BCUT2D eigenvalue weighted by Crippen LogP contribution is -2.49. The van der Waals surface area contributed by atoms with Gasteiger partial charge in [-0.15, -0.1) is 24.0 Å². The van der Waals surface area contributed by atoms with E-state index in [-0.39, 0.29) is 24.0 Å². The summed E-state index contributed by atoms with van der Waals surface area (Å²) in [6, 6.07) is 0.587. The molecule has 1 saturated carbocycles. The van der Waals surface area contributed by atoms with Gasteiger partial charge in [0.05, 0.1) is 6.20 Å². The molecule has 0 aromatic carbocycles. The zero-order valence-corrected chi connectivity index (χ0v) is 19.7. The maximum absolute atomic E-state index is 4.57. The fourth-order valence-corrected chi connectivity index (χ4v) is 4.69. The Bertz CT molecular complexity index is 593. The molecule has 0 bridgehead atoms. The highest BCUT2D eigenvalue weighted by atomic mass is 127. The number of likely N-dealkylation sites (N-methyl/N-ethyl adjacent to an activating group) is 1. The molecular weight excluding hydrogens is 451 g/mol. The molecule has 7 heteroatoms. The second-order valence-corrected chi connectivity index (χ2v) is 8.24. The van der Waals surface area contributed by atoms with Crippen molar-refractivity contribution in [3.63, 3.8) is 0 Å². The Kier molecular flexibility index (Phi) is 8.85. The van der Waals surface area contributed by atoms with E-state index in [0.29, 0.717) is 12.0 Å². The fourth-order valence-electron chi connectivity index (χ4n) is 4.69. The molecule has 0 radical (unpaired) electrons. The van der Waals surface area contributed by atoms with Crippen LogP contribution < -0.4 is 5.32 Å². The standard InChI is InChI=1S/C20H36N6.HI/c1-21-20(22-13-19(24(2)3)16-8-6-5-7-9-16)26-11-10-17(15-26)18-12-23-25(4)14-18;/h12,14,16-17,19H,5-11,13,15H2,1-4H3,(H,21,22);1H. The number of guanidine groups is 1. The van der Waals surface area contributed by atoms with E-state index < -0.39 is 0 Å². The first-order valence-electron chi connectivity index (χ1n) is 10.2. The van der Waals surface area contributed by atoms with Crippen molar-refractivity contribution in [2.75, 3.05) is 40.8 Å². The molecule has 2 fully saturated rings. The Balaban J connectivity index is 0.00000261. The van der Waals surface area contributed by atoms with Crippen LogP contribution in [0.4, 0.5) is 0 Å². The summed E-state index contributed by atoms with van der Waals surface area (Å²) in [5, 5.41) is 8.01. The Labute approximate surface area is 181 Å². The third-order valence-electron chi connectivity index (χ3n) is 6.22. The van der Waals surface area contributed by atoms with E-state index in [4.69, 9.17) is 0 Å². The molecule has 2 atom stereocenters. The summed E-state index contributed by atoms with van der Waals surface area (Å²) in [5.41, 5.74) is 1.35. The van der Waals surface area contributed by atoms with Crippen molar-refractivity contribution in [1.29, 1.82) is 0 Å². The highest BCUT2D eigenvalue weighted by molar-refractivity contribution is 14.0. The average Bonchev–Trinajstić information content (AvgIpc) is 3.28.